The molecule has 1 unspecified atom stereocenters. The van der Waals surface area contributed by atoms with Crippen molar-refractivity contribution in [2.75, 3.05) is 7.11 Å². The molecule has 0 radical (unpaired) electrons. The van der Waals surface area contributed by atoms with Crippen molar-refractivity contribution in [3.8, 4) is 0 Å². The molecule has 1 atom stereocenters. The summed E-state index contributed by atoms with van der Waals surface area (Å²) in [5, 5.41) is 0. The molecule has 0 fully saturated rings. The van der Waals surface area contributed by atoms with Gasteiger partial charge in [0.2, 0.25) is 0 Å². The number of nitrogens with two attached hydrogens (primary N) is 1. The monoisotopic (exact) mass is 172 g/mol. The predicted molar refractivity (Wildman–Crippen MR) is 52.5 cm³/mol. The molecule has 0 heterocycles. The highest BCUT2D eigenvalue weighted by Crippen LogP contribution is 2.14. The van der Waals surface area contributed by atoms with Gasteiger partial charge in [0.25, 0.3) is 0 Å². The molecule has 0 saturated carbocycles. The molecule has 0 aromatic rings. The number of nitrogens with zero attached hydrogens (tertiary/aromatic N) is 1. The Balaban J connectivity index is 4.51. The molecule has 0 aliphatic rings. The standard InChI is InChI=1S/C9H20N2O/c1-6-9(4,12-5)8(10)11-7(2)3/h7H,6H2,1-5H3,(H2,10,11). The molecule has 0 spiro atoms. The largest absolute Gasteiger partial charge is 0.385 e. The topological polar surface area (TPSA) is 47.6 Å². The quantitative estimate of drug-likeness (QED) is 0.517. The fourth-order valence-corrected chi connectivity index (χ4v) is 0.845. The minimum atomic E-state index is -0.399. The molecule has 0 rings (SSSR count). The summed E-state index contributed by atoms with van der Waals surface area (Å²) >= 11 is 0. The Morgan fingerprint density at radius 1 is 1.58 bits per heavy atom. The fourth-order valence-electron chi connectivity index (χ4n) is 0.845. The Bertz CT molecular complexity index is 160. The second-order valence-corrected chi connectivity index (χ2v) is 3.40. The second kappa shape index (κ2) is 4.45. The van der Waals surface area contributed by atoms with Crippen LogP contribution in [0.3, 0.4) is 0 Å². The molecular weight excluding hydrogens is 152 g/mol. The maximum Gasteiger partial charge on any atom is 0.126 e. The highest BCUT2D eigenvalue weighted by molar-refractivity contribution is 5.88. The summed E-state index contributed by atoms with van der Waals surface area (Å²) in [7, 11) is 1.66. The van der Waals surface area contributed by atoms with Gasteiger partial charge in [0.05, 0.1) is 0 Å². The molecule has 0 amide bonds. The van der Waals surface area contributed by atoms with E-state index in [1.54, 1.807) is 7.11 Å². The zero-order chi connectivity index (χ0) is 9.78. The molecule has 3 heteroatoms. The lowest BCUT2D eigenvalue weighted by Crippen LogP contribution is -2.43. The van der Waals surface area contributed by atoms with Gasteiger partial charge in [-0.1, -0.05) is 6.92 Å². The highest BCUT2D eigenvalue weighted by Gasteiger charge is 2.25. The zero-order valence-corrected chi connectivity index (χ0v) is 8.72. The third-order valence-corrected chi connectivity index (χ3v) is 2.06. The Labute approximate surface area is 75.0 Å². The van der Waals surface area contributed by atoms with Gasteiger partial charge in [-0.05, 0) is 27.2 Å². The predicted octanol–water partition coefficient (Wildman–Crippen LogP) is 1.57. The lowest BCUT2D eigenvalue weighted by Gasteiger charge is -2.26. The van der Waals surface area contributed by atoms with E-state index in [-0.39, 0.29) is 6.04 Å². The van der Waals surface area contributed by atoms with E-state index in [0.29, 0.717) is 5.84 Å². The van der Waals surface area contributed by atoms with Crippen LogP contribution in [0.2, 0.25) is 0 Å². The van der Waals surface area contributed by atoms with E-state index in [1.807, 2.05) is 27.7 Å². The molecule has 0 aromatic carbocycles. The lowest BCUT2D eigenvalue weighted by atomic mass is 10.0. The van der Waals surface area contributed by atoms with E-state index in [9.17, 15) is 0 Å². The van der Waals surface area contributed by atoms with Crippen LogP contribution in [0.15, 0.2) is 4.99 Å². The summed E-state index contributed by atoms with van der Waals surface area (Å²) in [6.45, 7) is 7.98. The average Bonchev–Trinajstić information content (AvgIpc) is 2.02. The summed E-state index contributed by atoms with van der Waals surface area (Å²) in [6.07, 6.45) is 0.839. The SMILES string of the molecule is CCC(C)(OC)C(N)=NC(C)C. The maximum atomic E-state index is 5.80. The summed E-state index contributed by atoms with van der Waals surface area (Å²) < 4.78 is 5.29. The number of rotatable bonds is 4. The van der Waals surface area contributed by atoms with Crippen molar-refractivity contribution >= 4 is 5.84 Å². The van der Waals surface area contributed by atoms with E-state index in [0.717, 1.165) is 6.42 Å². The van der Waals surface area contributed by atoms with Gasteiger partial charge < -0.3 is 10.5 Å². The first-order valence-corrected chi connectivity index (χ1v) is 4.35. The Morgan fingerprint density at radius 3 is 2.33 bits per heavy atom. The van der Waals surface area contributed by atoms with Gasteiger partial charge in [-0.2, -0.15) is 0 Å². The van der Waals surface area contributed by atoms with Crippen molar-refractivity contribution in [1.82, 2.24) is 0 Å². The van der Waals surface area contributed by atoms with Gasteiger partial charge in [0.1, 0.15) is 11.4 Å². The van der Waals surface area contributed by atoms with Crippen LogP contribution in [0.4, 0.5) is 0 Å². The van der Waals surface area contributed by atoms with E-state index in [4.69, 9.17) is 10.5 Å². The van der Waals surface area contributed by atoms with Crippen LogP contribution < -0.4 is 5.73 Å². The van der Waals surface area contributed by atoms with Crippen LogP contribution in [0.5, 0.6) is 0 Å². The molecule has 12 heavy (non-hydrogen) atoms. The number of methoxy groups -OCH3 is 1. The summed E-state index contributed by atoms with van der Waals surface area (Å²) in [4.78, 5) is 4.26. The van der Waals surface area contributed by atoms with Gasteiger partial charge in [-0.25, -0.2) is 0 Å². The van der Waals surface area contributed by atoms with Crippen molar-refractivity contribution in [2.24, 2.45) is 10.7 Å². The van der Waals surface area contributed by atoms with Gasteiger partial charge in [0.15, 0.2) is 0 Å². The first kappa shape index (κ1) is 11.4. The zero-order valence-electron chi connectivity index (χ0n) is 8.72. The Morgan fingerprint density at radius 2 is 2.08 bits per heavy atom. The van der Waals surface area contributed by atoms with Crippen molar-refractivity contribution in [2.45, 2.75) is 45.8 Å². The molecule has 0 aromatic heterocycles. The normalized spacial score (nSPS) is 18.0. The Hall–Kier alpha value is -0.570. The molecular formula is C9H20N2O. The maximum absolute atomic E-state index is 5.80. The van der Waals surface area contributed by atoms with Crippen LogP contribution in [-0.4, -0.2) is 24.6 Å². The Kier molecular flexibility index (Phi) is 4.24. The third-order valence-electron chi connectivity index (χ3n) is 2.06. The van der Waals surface area contributed by atoms with Crippen LogP contribution >= 0.6 is 0 Å². The number of hydrogen-bond donors (Lipinski definition) is 1. The summed E-state index contributed by atoms with van der Waals surface area (Å²) in [5.74, 6) is 0.586. The fraction of sp³-hybridized carbons (Fsp3) is 0.889. The number of aliphatic imine (C=N–C) groups is 1. The van der Waals surface area contributed by atoms with Gasteiger partial charge in [-0.15, -0.1) is 0 Å². The summed E-state index contributed by atoms with van der Waals surface area (Å²) in [6, 6.07) is 0.228. The van der Waals surface area contributed by atoms with Gasteiger partial charge >= 0.3 is 0 Å². The number of hydrogen-bond acceptors (Lipinski definition) is 2. The molecule has 0 saturated heterocycles. The molecule has 3 nitrogen and oxygen atoms in total. The lowest BCUT2D eigenvalue weighted by molar-refractivity contribution is 0.0616. The average molecular weight is 172 g/mol. The minimum absolute atomic E-state index is 0.228. The molecule has 72 valence electrons. The molecule has 0 aliphatic heterocycles. The van der Waals surface area contributed by atoms with Crippen molar-refractivity contribution in [3.63, 3.8) is 0 Å². The second-order valence-electron chi connectivity index (χ2n) is 3.40. The van der Waals surface area contributed by atoms with E-state index >= 15 is 0 Å². The molecule has 2 N–H and O–H groups in total. The van der Waals surface area contributed by atoms with Gasteiger partial charge in [0, 0.05) is 13.2 Å². The van der Waals surface area contributed by atoms with Crippen LogP contribution in [0, 0.1) is 0 Å². The van der Waals surface area contributed by atoms with Crippen molar-refractivity contribution in [3.05, 3.63) is 0 Å². The van der Waals surface area contributed by atoms with Crippen LogP contribution in [0.1, 0.15) is 34.1 Å². The molecule has 0 bridgehead atoms. The summed E-state index contributed by atoms with van der Waals surface area (Å²) in [5.41, 5.74) is 5.40. The number of amidine groups is 1. The van der Waals surface area contributed by atoms with Crippen molar-refractivity contribution in [1.29, 1.82) is 0 Å². The van der Waals surface area contributed by atoms with E-state index in [1.165, 1.54) is 0 Å². The minimum Gasteiger partial charge on any atom is -0.385 e. The van der Waals surface area contributed by atoms with Crippen molar-refractivity contribution < 1.29 is 4.74 Å². The van der Waals surface area contributed by atoms with E-state index < -0.39 is 5.60 Å². The first-order chi connectivity index (χ1) is 5.46. The first-order valence-electron chi connectivity index (χ1n) is 4.35. The molecule has 0 aliphatic carbocycles. The third kappa shape index (κ3) is 2.81. The van der Waals surface area contributed by atoms with E-state index in [2.05, 4.69) is 4.99 Å². The van der Waals surface area contributed by atoms with Gasteiger partial charge in [-0.3, -0.25) is 4.99 Å². The smallest absolute Gasteiger partial charge is 0.126 e. The number of ether oxygens (including phenoxy) is 1. The van der Waals surface area contributed by atoms with Crippen LogP contribution in [0.25, 0.3) is 0 Å². The van der Waals surface area contributed by atoms with Crippen LogP contribution in [-0.2, 0) is 4.74 Å². The highest BCUT2D eigenvalue weighted by atomic mass is 16.5.